The Morgan fingerprint density at radius 2 is 1.78 bits per heavy atom. The molecule has 6 nitrogen and oxygen atoms in total. The van der Waals surface area contributed by atoms with Gasteiger partial charge < -0.3 is 15.0 Å². The van der Waals surface area contributed by atoms with Crippen molar-refractivity contribution < 1.29 is 9.53 Å². The van der Waals surface area contributed by atoms with Gasteiger partial charge in [0.2, 0.25) is 0 Å². The van der Waals surface area contributed by atoms with Crippen molar-refractivity contribution in [2.24, 2.45) is 0 Å². The summed E-state index contributed by atoms with van der Waals surface area (Å²) in [5.74, 6) is 1.16. The number of urea groups is 1. The smallest absolute Gasteiger partial charge is 0.321 e. The molecule has 0 bridgehead atoms. The summed E-state index contributed by atoms with van der Waals surface area (Å²) in [7, 11) is 0. The number of ether oxygens (including phenoxy) is 1. The standard InChI is InChI=1S/C26H26N4O2/c31-26(29-24-18-23(24)21-7-2-1-3-8-21)30-14-10-19(11-15-30)16-20-6-4-9-22(17-20)32-25-27-12-5-13-28-25/h1-9,12-13,16-17,23-24H,10-11,14-15,18H2,(H,29,31)/t23-,24+/m0/s1. The van der Waals surface area contributed by atoms with Crippen LogP contribution >= 0.6 is 0 Å². The van der Waals surface area contributed by atoms with Gasteiger partial charge in [0.1, 0.15) is 5.75 Å². The summed E-state index contributed by atoms with van der Waals surface area (Å²) < 4.78 is 5.73. The van der Waals surface area contributed by atoms with Crippen LogP contribution in [0.3, 0.4) is 0 Å². The Morgan fingerprint density at radius 1 is 1.00 bits per heavy atom. The number of carbonyl (C=O) groups excluding carboxylic acids is 1. The van der Waals surface area contributed by atoms with Crippen molar-refractivity contribution in [1.29, 1.82) is 0 Å². The van der Waals surface area contributed by atoms with E-state index in [0.717, 1.165) is 37.9 Å². The van der Waals surface area contributed by atoms with Gasteiger partial charge in [-0.2, -0.15) is 0 Å². The van der Waals surface area contributed by atoms with E-state index in [4.69, 9.17) is 4.74 Å². The maximum absolute atomic E-state index is 12.7. The molecular formula is C26H26N4O2. The van der Waals surface area contributed by atoms with E-state index in [1.54, 1.807) is 18.5 Å². The molecule has 1 aliphatic carbocycles. The Morgan fingerprint density at radius 3 is 2.56 bits per heavy atom. The number of aromatic nitrogens is 2. The van der Waals surface area contributed by atoms with E-state index in [0.29, 0.717) is 17.7 Å². The third-order valence-corrected chi connectivity index (χ3v) is 6.00. The van der Waals surface area contributed by atoms with Crippen molar-refractivity contribution in [3.8, 4) is 11.8 Å². The molecule has 2 aliphatic rings. The van der Waals surface area contributed by atoms with E-state index < -0.39 is 0 Å². The largest absolute Gasteiger partial charge is 0.424 e. The molecule has 1 N–H and O–H groups in total. The summed E-state index contributed by atoms with van der Waals surface area (Å²) in [4.78, 5) is 22.8. The second-order valence-corrected chi connectivity index (χ2v) is 8.30. The van der Waals surface area contributed by atoms with Crippen LogP contribution in [0.5, 0.6) is 11.8 Å². The minimum absolute atomic E-state index is 0.0609. The van der Waals surface area contributed by atoms with E-state index in [1.807, 2.05) is 29.2 Å². The molecule has 6 heteroatoms. The minimum atomic E-state index is 0.0609. The molecular weight excluding hydrogens is 400 g/mol. The SMILES string of the molecule is O=C(N[C@@H]1C[C@H]1c1ccccc1)N1CCC(=Cc2cccc(Oc3ncccn3)c2)CC1. The van der Waals surface area contributed by atoms with Crippen LogP contribution in [-0.4, -0.2) is 40.0 Å². The first-order chi connectivity index (χ1) is 15.7. The van der Waals surface area contributed by atoms with Gasteiger partial charge in [0.15, 0.2) is 0 Å². The zero-order valence-corrected chi connectivity index (χ0v) is 17.9. The van der Waals surface area contributed by atoms with Crippen molar-refractivity contribution in [2.45, 2.75) is 31.2 Å². The summed E-state index contributed by atoms with van der Waals surface area (Å²) in [6.45, 7) is 1.49. The zero-order valence-electron chi connectivity index (χ0n) is 17.9. The number of nitrogens with one attached hydrogen (secondary N) is 1. The van der Waals surface area contributed by atoms with Gasteiger partial charge in [-0.1, -0.05) is 54.1 Å². The van der Waals surface area contributed by atoms with Gasteiger partial charge in [0.05, 0.1) is 0 Å². The van der Waals surface area contributed by atoms with Gasteiger partial charge in [0, 0.05) is 37.4 Å². The quantitative estimate of drug-likeness (QED) is 0.622. The second-order valence-electron chi connectivity index (χ2n) is 8.30. The average Bonchev–Trinajstić information content (AvgIpc) is 3.60. The molecule has 1 saturated heterocycles. The maximum atomic E-state index is 12.7. The molecule has 1 saturated carbocycles. The molecule has 0 spiro atoms. The molecule has 162 valence electrons. The first kappa shape index (κ1) is 20.2. The van der Waals surface area contributed by atoms with Gasteiger partial charge in [0.25, 0.3) is 0 Å². The molecule has 1 aromatic heterocycles. The lowest BCUT2D eigenvalue weighted by atomic mass is 10.0. The summed E-state index contributed by atoms with van der Waals surface area (Å²) in [5.41, 5.74) is 3.73. The molecule has 2 amide bonds. The summed E-state index contributed by atoms with van der Waals surface area (Å²) in [5, 5.41) is 3.21. The number of amides is 2. The fraction of sp³-hybridized carbons (Fsp3) is 0.269. The molecule has 5 rings (SSSR count). The first-order valence-electron chi connectivity index (χ1n) is 11.1. The van der Waals surface area contributed by atoms with Gasteiger partial charge in [-0.05, 0) is 48.6 Å². The zero-order chi connectivity index (χ0) is 21.8. The number of piperidine rings is 1. The highest BCUT2D eigenvalue weighted by atomic mass is 16.5. The number of rotatable bonds is 5. The number of nitrogens with zero attached hydrogens (tertiary/aromatic N) is 3. The maximum Gasteiger partial charge on any atom is 0.321 e. The minimum Gasteiger partial charge on any atom is -0.424 e. The van der Waals surface area contributed by atoms with Crippen LogP contribution in [-0.2, 0) is 0 Å². The monoisotopic (exact) mass is 426 g/mol. The highest BCUT2D eigenvalue weighted by Crippen LogP contribution is 2.40. The third kappa shape index (κ3) is 4.97. The van der Waals surface area contributed by atoms with E-state index >= 15 is 0 Å². The van der Waals surface area contributed by atoms with Gasteiger partial charge in [-0.15, -0.1) is 0 Å². The number of carbonyl (C=O) groups is 1. The third-order valence-electron chi connectivity index (χ3n) is 6.00. The molecule has 2 atom stereocenters. The normalized spacial score (nSPS) is 19.9. The topological polar surface area (TPSA) is 67.4 Å². The van der Waals surface area contributed by atoms with Crippen LogP contribution < -0.4 is 10.1 Å². The van der Waals surface area contributed by atoms with Crippen LogP contribution in [0.1, 0.15) is 36.3 Å². The van der Waals surface area contributed by atoms with Crippen molar-refractivity contribution in [3.05, 3.63) is 89.8 Å². The van der Waals surface area contributed by atoms with Gasteiger partial charge in [-0.25, -0.2) is 14.8 Å². The van der Waals surface area contributed by atoms with Crippen molar-refractivity contribution in [2.75, 3.05) is 13.1 Å². The molecule has 3 aromatic rings. The van der Waals surface area contributed by atoms with Crippen LogP contribution in [0, 0.1) is 0 Å². The molecule has 0 unspecified atom stereocenters. The first-order valence-corrected chi connectivity index (χ1v) is 11.1. The summed E-state index contributed by atoms with van der Waals surface area (Å²) in [6, 6.07) is 20.7. The van der Waals surface area contributed by atoms with Crippen LogP contribution in [0.15, 0.2) is 78.6 Å². The highest BCUT2D eigenvalue weighted by molar-refractivity contribution is 5.75. The average molecular weight is 427 g/mol. The van der Waals surface area contributed by atoms with Crippen LogP contribution in [0.25, 0.3) is 6.08 Å². The Kier molecular flexibility index (Phi) is 5.83. The van der Waals surface area contributed by atoms with Gasteiger partial charge >= 0.3 is 12.0 Å². The molecule has 2 fully saturated rings. The Hall–Kier alpha value is -3.67. The van der Waals surface area contributed by atoms with E-state index in [-0.39, 0.29) is 12.1 Å². The molecule has 2 aromatic carbocycles. The van der Waals surface area contributed by atoms with Crippen molar-refractivity contribution in [1.82, 2.24) is 20.2 Å². The predicted octanol–water partition coefficient (Wildman–Crippen LogP) is 5.01. The number of likely N-dealkylation sites (tertiary alicyclic amines) is 1. The molecule has 0 radical (unpaired) electrons. The number of hydrogen-bond donors (Lipinski definition) is 1. The van der Waals surface area contributed by atoms with Crippen LogP contribution in [0.4, 0.5) is 4.79 Å². The van der Waals surface area contributed by atoms with E-state index in [9.17, 15) is 4.79 Å². The predicted molar refractivity (Wildman–Crippen MR) is 123 cm³/mol. The molecule has 32 heavy (non-hydrogen) atoms. The summed E-state index contributed by atoms with van der Waals surface area (Å²) >= 11 is 0. The van der Waals surface area contributed by atoms with Crippen molar-refractivity contribution in [3.63, 3.8) is 0 Å². The van der Waals surface area contributed by atoms with E-state index in [1.165, 1.54) is 11.1 Å². The Balaban J connectivity index is 1.13. The number of hydrogen-bond acceptors (Lipinski definition) is 4. The van der Waals surface area contributed by atoms with Crippen LogP contribution in [0.2, 0.25) is 0 Å². The Bertz CT molecular complexity index is 1090. The Labute approximate surface area is 188 Å². The highest BCUT2D eigenvalue weighted by Gasteiger charge is 2.40. The lowest BCUT2D eigenvalue weighted by Crippen LogP contribution is -2.44. The molecule has 2 heterocycles. The number of benzene rings is 2. The van der Waals surface area contributed by atoms with E-state index in [2.05, 4.69) is 51.7 Å². The van der Waals surface area contributed by atoms with Crippen molar-refractivity contribution >= 4 is 12.1 Å². The lowest BCUT2D eigenvalue weighted by molar-refractivity contribution is 0.193. The second kappa shape index (κ2) is 9.22. The fourth-order valence-corrected chi connectivity index (χ4v) is 4.16. The molecule has 1 aliphatic heterocycles. The van der Waals surface area contributed by atoms with Gasteiger partial charge in [-0.3, -0.25) is 0 Å². The fourth-order valence-electron chi connectivity index (χ4n) is 4.16. The summed E-state index contributed by atoms with van der Waals surface area (Å²) in [6.07, 6.45) is 8.30. The lowest BCUT2D eigenvalue weighted by Gasteiger charge is -2.28.